The van der Waals surface area contributed by atoms with E-state index in [0.717, 1.165) is 16.6 Å². The van der Waals surface area contributed by atoms with E-state index in [9.17, 15) is 4.79 Å². The summed E-state index contributed by atoms with van der Waals surface area (Å²) in [4.78, 5) is 17.0. The lowest BCUT2D eigenvalue weighted by Gasteiger charge is -2.02. The van der Waals surface area contributed by atoms with E-state index in [-0.39, 0.29) is 18.3 Å². The minimum atomic E-state index is -0.184. The van der Waals surface area contributed by atoms with Gasteiger partial charge in [0.15, 0.2) is 11.7 Å². The molecule has 2 heterocycles. The predicted octanol–water partition coefficient (Wildman–Crippen LogP) is 3.80. The zero-order valence-corrected chi connectivity index (χ0v) is 15.5. The highest BCUT2D eigenvalue weighted by atomic mass is 35.5. The molecule has 0 aliphatic heterocycles. The molecule has 0 aliphatic rings. The van der Waals surface area contributed by atoms with Gasteiger partial charge in [0, 0.05) is 16.1 Å². The fourth-order valence-corrected chi connectivity index (χ4v) is 3.11. The van der Waals surface area contributed by atoms with Crippen LogP contribution in [0, 0.1) is 6.92 Å². The van der Waals surface area contributed by atoms with Gasteiger partial charge in [0.1, 0.15) is 5.75 Å². The van der Waals surface area contributed by atoms with E-state index < -0.39 is 0 Å². The highest BCUT2D eigenvalue weighted by molar-refractivity contribution is 7.99. The summed E-state index contributed by atoms with van der Waals surface area (Å²) in [5.41, 5.74) is 0. The number of thioether (sulfide) groups is 1. The van der Waals surface area contributed by atoms with Gasteiger partial charge in [0.2, 0.25) is 5.91 Å². The van der Waals surface area contributed by atoms with Gasteiger partial charge in [-0.05, 0) is 31.2 Å². The summed E-state index contributed by atoms with van der Waals surface area (Å²) in [6, 6.07) is 6.96. The van der Waals surface area contributed by atoms with Crippen LogP contribution in [0.4, 0.5) is 5.13 Å². The van der Waals surface area contributed by atoms with E-state index in [1.165, 1.54) is 11.3 Å². The molecule has 0 aliphatic carbocycles. The summed E-state index contributed by atoms with van der Waals surface area (Å²) in [7, 11) is 0. The Hall–Kier alpha value is -2.10. The Morgan fingerprint density at radius 3 is 2.88 bits per heavy atom. The van der Waals surface area contributed by atoms with Crippen LogP contribution >= 0.6 is 34.7 Å². The number of hydrogen-bond acceptors (Lipinski definition) is 8. The van der Waals surface area contributed by atoms with Crippen LogP contribution < -0.4 is 10.1 Å². The van der Waals surface area contributed by atoms with Crippen molar-refractivity contribution in [2.45, 2.75) is 18.8 Å². The van der Waals surface area contributed by atoms with Crippen LogP contribution in [0.3, 0.4) is 0 Å². The molecule has 0 unspecified atom stereocenters. The number of rotatable bonds is 7. The number of hydrogen-bond donors (Lipinski definition) is 1. The number of carbonyl (C=O) groups excluding carboxylic acids is 1. The smallest absolute Gasteiger partial charge is 0.277 e. The van der Waals surface area contributed by atoms with E-state index in [1.807, 2.05) is 6.92 Å². The van der Waals surface area contributed by atoms with Crippen molar-refractivity contribution in [2.75, 3.05) is 11.1 Å². The molecule has 0 bridgehead atoms. The van der Waals surface area contributed by atoms with Gasteiger partial charge in [-0.3, -0.25) is 4.79 Å². The Labute approximate surface area is 156 Å². The van der Waals surface area contributed by atoms with E-state index in [2.05, 4.69) is 20.5 Å². The van der Waals surface area contributed by atoms with Crippen molar-refractivity contribution in [1.29, 1.82) is 0 Å². The van der Waals surface area contributed by atoms with Crippen LogP contribution in [-0.4, -0.2) is 26.8 Å². The number of halogens is 1. The first-order valence-electron chi connectivity index (χ1n) is 7.14. The lowest BCUT2D eigenvalue weighted by atomic mass is 10.3. The zero-order valence-electron chi connectivity index (χ0n) is 13.1. The highest BCUT2D eigenvalue weighted by Crippen LogP contribution is 2.20. The molecule has 0 atom stereocenters. The monoisotopic (exact) mass is 396 g/mol. The average molecular weight is 397 g/mol. The van der Waals surface area contributed by atoms with Crippen LogP contribution in [0.25, 0.3) is 0 Å². The molecule has 0 saturated carbocycles. The van der Waals surface area contributed by atoms with Gasteiger partial charge in [-0.15, -0.1) is 21.5 Å². The summed E-state index contributed by atoms with van der Waals surface area (Å²) >= 11 is 8.38. The summed E-state index contributed by atoms with van der Waals surface area (Å²) in [5.74, 6) is 0.943. The molecule has 1 amide bonds. The highest BCUT2D eigenvalue weighted by Gasteiger charge is 2.11. The van der Waals surface area contributed by atoms with Crippen molar-refractivity contribution in [1.82, 2.24) is 15.2 Å². The number of amides is 1. The molecule has 10 heteroatoms. The maximum absolute atomic E-state index is 11.8. The lowest BCUT2D eigenvalue weighted by Crippen LogP contribution is -2.13. The van der Waals surface area contributed by atoms with E-state index in [0.29, 0.717) is 27.0 Å². The van der Waals surface area contributed by atoms with Crippen LogP contribution in [0.15, 0.2) is 40.1 Å². The Balaban J connectivity index is 1.44. The Kier molecular flexibility index (Phi) is 5.90. The molecule has 0 fully saturated rings. The first-order chi connectivity index (χ1) is 12.1. The molecular formula is C15H13ClN4O3S2. The fourth-order valence-electron chi connectivity index (χ4n) is 1.73. The van der Waals surface area contributed by atoms with Crippen molar-refractivity contribution in [3.05, 3.63) is 46.3 Å². The van der Waals surface area contributed by atoms with Gasteiger partial charge in [-0.1, -0.05) is 23.4 Å². The topological polar surface area (TPSA) is 90.1 Å². The molecule has 0 radical (unpaired) electrons. The number of nitrogens with zero attached hydrogens (tertiary/aromatic N) is 3. The molecule has 3 rings (SSSR count). The number of aryl methyl sites for hydroxylation is 1. The van der Waals surface area contributed by atoms with Gasteiger partial charge in [0.25, 0.3) is 11.1 Å². The van der Waals surface area contributed by atoms with Gasteiger partial charge >= 0.3 is 0 Å². The SMILES string of the molecule is Cc1cnc(NC(=O)CSc2nnc(COc3ccc(Cl)cc3)o2)s1. The first kappa shape index (κ1) is 17.7. The standard InChI is InChI=1S/C15H13ClN4O3S2/c1-9-6-17-14(25-9)18-12(21)8-24-15-20-19-13(23-15)7-22-11-4-2-10(16)3-5-11/h2-6H,7-8H2,1H3,(H,17,18,21). The molecule has 7 nitrogen and oxygen atoms in total. The lowest BCUT2D eigenvalue weighted by molar-refractivity contribution is -0.113. The molecule has 25 heavy (non-hydrogen) atoms. The second kappa shape index (κ2) is 8.32. The van der Waals surface area contributed by atoms with Crippen molar-refractivity contribution < 1.29 is 13.9 Å². The number of aromatic nitrogens is 3. The molecular weight excluding hydrogens is 384 g/mol. The summed E-state index contributed by atoms with van der Waals surface area (Å²) < 4.78 is 10.9. The Bertz CT molecular complexity index is 851. The number of anilines is 1. The van der Waals surface area contributed by atoms with Gasteiger partial charge < -0.3 is 14.5 Å². The number of carbonyl (C=O) groups is 1. The Morgan fingerprint density at radius 1 is 1.36 bits per heavy atom. The van der Waals surface area contributed by atoms with Gasteiger partial charge in [-0.2, -0.15) is 0 Å². The zero-order chi connectivity index (χ0) is 17.6. The van der Waals surface area contributed by atoms with E-state index in [1.54, 1.807) is 30.5 Å². The second-order valence-corrected chi connectivity index (χ2v) is 7.42. The molecule has 130 valence electrons. The van der Waals surface area contributed by atoms with Crippen LogP contribution in [0.5, 0.6) is 5.75 Å². The quantitative estimate of drug-likeness (QED) is 0.607. The summed E-state index contributed by atoms with van der Waals surface area (Å²) in [5, 5.41) is 12.0. The van der Waals surface area contributed by atoms with Crippen LogP contribution in [-0.2, 0) is 11.4 Å². The first-order valence-corrected chi connectivity index (χ1v) is 9.32. The largest absolute Gasteiger partial charge is 0.484 e. The van der Waals surface area contributed by atoms with Crippen LogP contribution in [0.1, 0.15) is 10.8 Å². The third-order valence-corrected chi connectivity index (χ3v) is 4.72. The maximum Gasteiger partial charge on any atom is 0.277 e. The number of nitrogens with one attached hydrogen (secondary N) is 1. The van der Waals surface area contributed by atoms with E-state index in [4.69, 9.17) is 20.8 Å². The normalized spacial score (nSPS) is 10.6. The molecule has 0 saturated heterocycles. The number of benzene rings is 1. The molecule has 2 aromatic heterocycles. The second-order valence-electron chi connectivity index (χ2n) is 4.82. The van der Waals surface area contributed by atoms with Crippen LogP contribution in [0.2, 0.25) is 5.02 Å². The minimum absolute atomic E-state index is 0.139. The molecule has 3 aromatic rings. The maximum atomic E-state index is 11.8. The van der Waals surface area contributed by atoms with Crippen molar-refractivity contribution in [3.63, 3.8) is 0 Å². The number of ether oxygens (including phenoxy) is 1. The van der Waals surface area contributed by atoms with Crippen molar-refractivity contribution in [2.24, 2.45) is 0 Å². The molecule has 0 spiro atoms. The molecule has 1 aromatic carbocycles. The van der Waals surface area contributed by atoms with E-state index >= 15 is 0 Å². The third-order valence-electron chi connectivity index (χ3n) is 2.82. The third kappa shape index (κ3) is 5.45. The summed E-state index contributed by atoms with van der Waals surface area (Å²) in [6.07, 6.45) is 1.71. The van der Waals surface area contributed by atoms with Crippen molar-refractivity contribution in [3.8, 4) is 5.75 Å². The van der Waals surface area contributed by atoms with Crippen molar-refractivity contribution >= 4 is 45.7 Å². The minimum Gasteiger partial charge on any atom is -0.484 e. The summed E-state index contributed by atoms with van der Waals surface area (Å²) in [6.45, 7) is 2.06. The Morgan fingerprint density at radius 2 is 2.16 bits per heavy atom. The molecule has 1 N–H and O–H groups in total. The average Bonchev–Trinajstić information content (AvgIpc) is 3.21. The van der Waals surface area contributed by atoms with Gasteiger partial charge in [-0.25, -0.2) is 4.98 Å². The van der Waals surface area contributed by atoms with Gasteiger partial charge in [0.05, 0.1) is 5.75 Å². The predicted molar refractivity (Wildman–Crippen MR) is 96.3 cm³/mol. The fraction of sp³-hybridized carbons (Fsp3) is 0.200. The number of thiazole rings is 1.